The van der Waals surface area contributed by atoms with E-state index in [4.69, 9.17) is 5.73 Å². The Morgan fingerprint density at radius 3 is 2.89 bits per heavy atom. The number of nitriles is 1. The van der Waals surface area contributed by atoms with E-state index in [0.717, 1.165) is 36.0 Å². The molecule has 1 saturated carbocycles. The van der Waals surface area contributed by atoms with Gasteiger partial charge in [0.1, 0.15) is 6.07 Å². The first-order valence-corrected chi connectivity index (χ1v) is 9.42. The molecule has 3 N–H and O–H groups in total. The fourth-order valence-corrected chi connectivity index (χ4v) is 4.14. The minimum atomic E-state index is -0.417. The molecule has 1 aromatic heterocycles. The number of hydrogen-bond donors (Lipinski definition) is 2. The Hall–Kier alpha value is -2.65. The van der Waals surface area contributed by atoms with Gasteiger partial charge in [-0.05, 0) is 51.0 Å². The number of pyridine rings is 1. The molecule has 2 aliphatic rings. The average molecular weight is 363 g/mol. The van der Waals surface area contributed by atoms with Gasteiger partial charge in [0, 0.05) is 47.9 Å². The lowest BCUT2D eigenvalue weighted by Crippen LogP contribution is -2.47. The van der Waals surface area contributed by atoms with E-state index in [-0.39, 0.29) is 17.2 Å². The molecule has 140 valence electrons. The van der Waals surface area contributed by atoms with Gasteiger partial charge in [-0.15, -0.1) is 0 Å². The summed E-state index contributed by atoms with van der Waals surface area (Å²) in [5.41, 5.74) is 8.03. The molecule has 6 heteroatoms. The van der Waals surface area contributed by atoms with Crippen molar-refractivity contribution in [2.75, 3.05) is 24.5 Å². The Bertz CT molecular complexity index is 936. The van der Waals surface area contributed by atoms with Crippen LogP contribution in [0.4, 0.5) is 5.69 Å². The van der Waals surface area contributed by atoms with Crippen LogP contribution in [0, 0.1) is 22.7 Å². The van der Waals surface area contributed by atoms with Gasteiger partial charge in [-0.25, -0.2) is 0 Å². The van der Waals surface area contributed by atoms with Crippen LogP contribution in [0.1, 0.15) is 32.3 Å². The Kier molecular flexibility index (Phi) is 4.08. The van der Waals surface area contributed by atoms with Crippen LogP contribution in [0.3, 0.4) is 0 Å². The number of fused-ring (bicyclic) bond motifs is 1. The van der Waals surface area contributed by atoms with Crippen molar-refractivity contribution in [2.45, 2.75) is 32.2 Å². The van der Waals surface area contributed by atoms with Gasteiger partial charge in [0.15, 0.2) is 0 Å². The third kappa shape index (κ3) is 3.24. The molecule has 1 unspecified atom stereocenters. The highest BCUT2D eigenvalue weighted by molar-refractivity contribution is 5.96. The van der Waals surface area contributed by atoms with Crippen LogP contribution in [0.25, 0.3) is 10.9 Å². The Morgan fingerprint density at radius 2 is 2.22 bits per heavy atom. The molecule has 2 aromatic rings. The number of anilines is 1. The van der Waals surface area contributed by atoms with Crippen LogP contribution in [-0.4, -0.2) is 36.1 Å². The second kappa shape index (κ2) is 6.21. The molecule has 1 atom stereocenters. The van der Waals surface area contributed by atoms with Gasteiger partial charge in [0.05, 0.1) is 17.0 Å². The van der Waals surface area contributed by atoms with Gasteiger partial charge in [-0.1, -0.05) is 0 Å². The molecule has 1 aliphatic carbocycles. The van der Waals surface area contributed by atoms with E-state index in [0.29, 0.717) is 18.7 Å². The Morgan fingerprint density at radius 1 is 1.44 bits per heavy atom. The summed E-state index contributed by atoms with van der Waals surface area (Å²) in [5.74, 6) is 0.0758. The van der Waals surface area contributed by atoms with E-state index >= 15 is 0 Å². The van der Waals surface area contributed by atoms with Crippen LogP contribution in [0.5, 0.6) is 0 Å². The first kappa shape index (κ1) is 17.7. The predicted octanol–water partition coefficient (Wildman–Crippen LogP) is 2.18. The fourth-order valence-electron chi connectivity index (χ4n) is 4.14. The minimum Gasteiger partial charge on any atom is -0.370 e. The maximum Gasteiger partial charge on any atom is 0.225 e. The van der Waals surface area contributed by atoms with Crippen LogP contribution < -0.4 is 16.0 Å². The predicted molar refractivity (Wildman–Crippen MR) is 105 cm³/mol. The van der Waals surface area contributed by atoms with Crippen LogP contribution >= 0.6 is 0 Å². The second-order valence-electron chi connectivity index (χ2n) is 8.65. The summed E-state index contributed by atoms with van der Waals surface area (Å²) >= 11 is 0. The number of nitrogens with zero attached hydrogens (tertiary/aromatic N) is 3. The summed E-state index contributed by atoms with van der Waals surface area (Å²) in [6.07, 6.45) is 3.88. The lowest BCUT2D eigenvalue weighted by molar-refractivity contribution is -0.126. The number of benzene rings is 1. The summed E-state index contributed by atoms with van der Waals surface area (Å²) in [4.78, 5) is 19.5. The van der Waals surface area contributed by atoms with Crippen molar-refractivity contribution >= 4 is 22.5 Å². The Labute approximate surface area is 159 Å². The van der Waals surface area contributed by atoms with Crippen molar-refractivity contribution in [1.29, 1.82) is 5.26 Å². The topological polar surface area (TPSA) is 95.0 Å². The zero-order valence-electron chi connectivity index (χ0n) is 15.8. The normalized spacial score (nSPS) is 20.7. The third-order valence-electron chi connectivity index (χ3n) is 5.78. The molecular weight excluding hydrogens is 338 g/mol. The van der Waals surface area contributed by atoms with Crippen LogP contribution in [0.15, 0.2) is 30.5 Å². The zero-order chi connectivity index (χ0) is 19.2. The van der Waals surface area contributed by atoms with Crippen molar-refractivity contribution in [1.82, 2.24) is 10.3 Å². The van der Waals surface area contributed by atoms with Crippen molar-refractivity contribution in [3.05, 3.63) is 36.0 Å². The monoisotopic (exact) mass is 363 g/mol. The molecule has 27 heavy (non-hydrogen) atoms. The summed E-state index contributed by atoms with van der Waals surface area (Å²) in [5, 5.41) is 13.4. The second-order valence-corrected chi connectivity index (χ2v) is 8.65. The molecule has 1 aliphatic heterocycles. The van der Waals surface area contributed by atoms with Gasteiger partial charge in [0.2, 0.25) is 5.91 Å². The molecule has 4 rings (SSSR count). The SMILES string of the molecule is CC(C)(N)CNC(=O)C1CN(c2ccc(C#N)c3ncccc23)CC12CC2. The molecule has 2 heterocycles. The van der Waals surface area contributed by atoms with Crippen molar-refractivity contribution in [2.24, 2.45) is 17.1 Å². The van der Waals surface area contributed by atoms with E-state index in [9.17, 15) is 10.1 Å². The number of carbonyl (C=O) groups is 1. The molecule has 1 amide bonds. The molecule has 1 saturated heterocycles. The number of nitrogens with two attached hydrogens (primary N) is 1. The highest BCUT2D eigenvalue weighted by atomic mass is 16.2. The molecule has 1 aromatic carbocycles. The number of aromatic nitrogens is 1. The highest BCUT2D eigenvalue weighted by Gasteiger charge is 2.57. The van der Waals surface area contributed by atoms with Crippen molar-refractivity contribution in [3.8, 4) is 6.07 Å². The molecule has 2 fully saturated rings. The van der Waals surface area contributed by atoms with Gasteiger partial charge in [-0.3, -0.25) is 9.78 Å². The van der Waals surface area contributed by atoms with E-state index in [1.165, 1.54) is 0 Å². The maximum atomic E-state index is 12.8. The van der Waals surface area contributed by atoms with E-state index in [2.05, 4.69) is 21.3 Å². The molecule has 6 nitrogen and oxygen atoms in total. The smallest absolute Gasteiger partial charge is 0.225 e. The largest absolute Gasteiger partial charge is 0.370 e. The number of amides is 1. The van der Waals surface area contributed by atoms with E-state index < -0.39 is 5.54 Å². The maximum absolute atomic E-state index is 12.8. The molecule has 0 radical (unpaired) electrons. The number of rotatable bonds is 4. The quantitative estimate of drug-likeness (QED) is 0.868. The standard InChI is InChI=1S/C21H25N5O/c1-20(2,23)12-25-19(27)16-11-26(13-21(16)7-8-21)17-6-5-14(10-22)18-15(17)4-3-9-24-18/h3-6,9,16H,7-8,11-13,23H2,1-2H3,(H,25,27). The van der Waals surface area contributed by atoms with E-state index in [1.54, 1.807) is 6.20 Å². The third-order valence-corrected chi connectivity index (χ3v) is 5.78. The molecular formula is C21H25N5O. The summed E-state index contributed by atoms with van der Waals surface area (Å²) in [6, 6.07) is 9.93. The first-order valence-electron chi connectivity index (χ1n) is 9.42. The average Bonchev–Trinajstić information content (AvgIpc) is 3.31. The first-order chi connectivity index (χ1) is 12.8. The fraction of sp³-hybridized carbons (Fsp3) is 0.476. The zero-order valence-corrected chi connectivity index (χ0v) is 15.8. The van der Waals surface area contributed by atoms with E-state index in [1.807, 2.05) is 38.1 Å². The number of carbonyl (C=O) groups excluding carboxylic acids is 1. The highest BCUT2D eigenvalue weighted by Crippen LogP contribution is 2.57. The Balaban J connectivity index is 1.61. The molecule has 0 bridgehead atoms. The van der Waals surface area contributed by atoms with Crippen molar-refractivity contribution < 1.29 is 4.79 Å². The summed E-state index contributed by atoms with van der Waals surface area (Å²) in [7, 11) is 0. The lowest BCUT2D eigenvalue weighted by atomic mass is 9.92. The van der Waals surface area contributed by atoms with Gasteiger partial charge < -0.3 is 16.0 Å². The lowest BCUT2D eigenvalue weighted by Gasteiger charge is -2.22. The van der Waals surface area contributed by atoms with Crippen molar-refractivity contribution in [3.63, 3.8) is 0 Å². The molecule has 1 spiro atoms. The van der Waals surface area contributed by atoms with Crippen LogP contribution in [0.2, 0.25) is 0 Å². The van der Waals surface area contributed by atoms with Crippen LogP contribution in [-0.2, 0) is 4.79 Å². The van der Waals surface area contributed by atoms with Gasteiger partial charge in [-0.2, -0.15) is 5.26 Å². The summed E-state index contributed by atoms with van der Waals surface area (Å²) < 4.78 is 0. The minimum absolute atomic E-state index is 0.0257. The number of nitrogens with one attached hydrogen (secondary N) is 1. The number of hydrogen-bond acceptors (Lipinski definition) is 5. The van der Waals surface area contributed by atoms with Gasteiger partial charge in [0.25, 0.3) is 0 Å². The van der Waals surface area contributed by atoms with Gasteiger partial charge >= 0.3 is 0 Å². The summed E-state index contributed by atoms with van der Waals surface area (Å²) in [6.45, 7) is 5.86.